The number of carbonyl (C=O) groups excluding carboxylic acids is 1. The predicted octanol–water partition coefficient (Wildman–Crippen LogP) is 5.26. The third kappa shape index (κ3) is 2.49. The van der Waals surface area contributed by atoms with Crippen LogP contribution < -0.4 is 9.80 Å². The van der Waals surface area contributed by atoms with Crippen LogP contribution in [0.2, 0.25) is 0 Å². The van der Waals surface area contributed by atoms with Crippen molar-refractivity contribution in [3.63, 3.8) is 0 Å². The molecule has 7 heteroatoms. The van der Waals surface area contributed by atoms with Crippen LogP contribution in [0.1, 0.15) is 64.2 Å². The van der Waals surface area contributed by atoms with Crippen molar-refractivity contribution in [2.75, 3.05) is 36.0 Å². The summed E-state index contributed by atoms with van der Waals surface area (Å²) in [5, 5.41) is 11.7. The topological polar surface area (TPSA) is 75.9 Å². The molecule has 3 heterocycles. The minimum absolute atomic E-state index is 0.0456. The van der Waals surface area contributed by atoms with Gasteiger partial charge < -0.3 is 14.5 Å². The number of nitro groups is 1. The van der Waals surface area contributed by atoms with Crippen molar-refractivity contribution in [1.82, 2.24) is 0 Å². The highest BCUT2D eigenvalue weighted by molar-refractivity contribution is 6.02. The third-order valence-electron chi connectivity index (χ3n) is 9.45. The van der Waals surface area contributed by atoms with Gasteiger partial charge in [0.05, 0.1) is 15.9 Å². The summed E-state index contributed by atoms with van der Waals surface area (Å²) in [7, 11) is 0. The maximum absolute atomic E-state index is 13.1. The Hall–Kier alpha value is -3.87. The molecule has 3 aromatic carbocycles. The summed E-state index contributed by atoms with van der Waals surface area (Å²) >= 11 is 0. The fraction of sp³-hybridized carbons (Fsp3) is 0.367. The predicted molar refractivity (Wildman–Crippen MR) is 139 cm³/mol. The van der Waals surface area contributed by atoms with Gasteiger partial charge in [-0.15, -0.1) is 0 Å². The number of anilines is 2. The number of carbonyl (C=O) groups is 1. The molecule has 0 bridgehead atoms. The molecule has 37 heavy (non-hydrogen) atoms. The number of non-ortho nitro benzene ring substituents is 1. The van der Waals surface area contributed by atoms with E-state index in [1.54, 1.807) is 6.07 Å². The fourth-order valence-corrected chi connectivity index (χ4v) is 7.86. The van der Waals surface area contributed by atoms with E-state index in [2.05, 4.69) is 58.3 Å². The Morgan fingerprint density at radius 3 is 1.81 bits per heavy atom. The second kappa shape index (κ2) is 7.12. The summed E-state index contributed by atoms with van der Waals surface area (Å²) in [6.45, 7) is 4.30. The maximum Gasteiger partial charge on any atom is 0.339 e. The summed E-state index contributed by atoms with van der Waals surface area (Å²) in [5.74, 6) is -0.581. The zero-order valence-electron chi connectivity index (χ0n) is 20.5. The van der Waals surface area contributed by atoms with Crippen LogP contribution in [0.3, 0.4) is 0 Å². The molecule has 1 spiro atoms. The van der Waals surface area contributed by atoms with Gasteiger partial charge in [0.1, 0.15) is 0 Å². The van der Waals surface area contributed by atoms with Crippen molar-refractivity contribution in [1.29, 1.82) is 0 Å². The van der Waals surface area contributed by atoms with E-state index in [-0.39, 0.29) is 11.6 Å². The van der Waals surface area contributed by atoms with Crippen LogP contribution >= 0.6 is 0 Å². The number of esters is 1. The van der Waals surface area contributed by atoms with Crippen LogP contribution in [0, 0.1) is 10.1 Å². The molecule has 5 aliphatic rings. The smallest absolute Gasteiger partial charge is 0.339 e. The summed E-state index contributed by atoms with van der Waals surface area (Å²) in [6, 6.07) is 20.5. The Balaban J connectivity index is 1.28. The van der Waals surface area contributed by atoms with Crippen LogP contribution in [0.15, 0.2) is 60.7 Å². The van der Waals surface area contributed by atoms with E-state index in [0.717, 1.165) is 48.4 Å². The summed E-state index contributed by atoms with van der Waals surface area (Å²) in [6.07, 6.45) is 4.86. The second-order valence-corrected chi connectivity index (χ2v) is 11.1. The number of hydrogen-bond donors (Lipinski definition) is 0. The molecule has 0 radical (unpaired) electrons. The van der Waals surface area contributed by atoms with Crippen molar-refractivity contribution >= 4 is 23.0 Å². The molecule has 7 nitrogen and oxygen atoms in total. The van der Waals surface area contributed by atoms with Crippen molar-refractivity contribution in [2.45, 2.75) is 42.6 Å². The van der Waals surface area contributed by atoms with E-state index in [1.807, 2.05) is 0 Å². The molecule has 1 saturated carbocycles. The fourth-order valence-electron chi connectivity index (χ4n) is 7.86. The monoisotopic (exact) mass is 493 g/mol. The number of benzene rings is 3. The van der Waals surface area contributed by atoms with Crippen molar-refractivity contribution in [2.24, 2.45) is 0 Å². The molecule has 2 saturated heterocycles. The lowest BCUT2D eigenvalue weighted by atomic mass is 9.82. The first-order valence-corrected chi connectivity index (χ1v) is 13.3. The normalized spacial score (nSPS) is 25.9. The van der Waals surface area contributed by atoms with Gasteiger partial charge in [0.2, 0.25) is 0 Å². The largest absolute Gasteiger partial charge is 0.448 e. The average Bonchev–Trinajstić information content (AvgIpc) is 3.52. The molecule has 2 unspecified atom stereocenters. The van der Waals surface area contributed by atoms with Gasteiger partial charge in [-0.25, -0.2) is 4.79 Å². The van der Waals surface area contributed by atoms with E-state index in [1.165, 1.54) is 43.1 Å². The van der Waals surface area contributed by atoms with Gasteiger partial charge in [0, 0.05) is 61.2 Å². The van der Waals surface area contributed by atoms with Gasteiger partial charge in [-0.05, 0) is 66.6 Å². The minimum Gasteiger partial charge on any atom is -0.448 e. The Labute approximate surface area is 214 Å². The van der Waals surface area contributed by atoms with Crippen LogP contribution in [-0.4, -0.2) is 37.1 Å². The highest BCUT2D eigenvalue weighted by atomic mass is 16.6. The van der Waals surface area contributed by atoms with E-state index < -0.39 is 21.9 Å². The van der Waals surface area contributed by atoms with Crippen LogP contribution in [0.25, 0.3) is 0 Å². The summed E-state index contributed by atoms with van der Waals surface area (Å²) in [4.78, 5) is 29.1. The number of nitrogens with zero attached hydrogens (tertiary/aromatic N) is 3. The molecule has 3 aromatic rings. The molecule has 186 valence electrons. The Morgan fingerprint density at radius 2 is 1.32 bits per heavy atom. The molecule has 2 atom stereocenters. The number of ether oxygens (including phenoxy) is 1. The van der Waals surface area contributed by atoms with Gasteiger partial charge >= 0.3 is 5.97 Å². The number of rotatable bonds is 5. The van der Waals surface area contributed by atoms with Gasteiger partial charge in [-0.1, -0.05) is 24.3 Å². The van der Waals surface area contributed by atoms with E-state index >= 15 is 0 Å². The first-order chi connectivity index (χ1) is 18.1. The van der Waals surface area contributed by atoms with Crippen molar-refractivity contribution in [3.05, 3.63) is 98.6 Å². The average molecular weight is 494 g/mol. The highest BCUT2D eigenvalue weighted by Crippen LogP contribution is 2.87. The van der Waals surface area contributed by atoms with E-state index in [4.69, 9.17) is 4.74 Å². The molecular formula is C30H27N3O4. The lowest BCUT2D eigenvalue weighted by Gasteiger charge is -2.26. The van der Waals surface area contributed by atoms with Crippen molar-refractivity contribution < 1.29 is 14.5 Å². The highest BCUT2D eigenvalue weighted by Gasteiger charge is 2.91. The van der Waals surface area contributed by atoms with Gasteiger partial charge in [0.15, 0.2) is 5.60 Å². The molecular weight excluding hydrogens is 466 g/mol. The molecule has 2 aliphatic carbocycles. The lowest BCUT2D eigenvalue weighted by Crippen LogP contribution is -2.26. The Kier molecular flexibility index (Phi) is 4.09. The zero-order valence-corrected chi connectivity index (χ0v) is 20.5. The van der Waals surface area contributed by atoms with Crippen LogP contribution in [0.5, 0.6) is 0 Å². The zero-order chi connectivity index (χ0) is 24.9. The Bertz CT molecular complexity index is 1410. The number of nitro benzene ring substituents is 1. The summed E-state index contributed by atoms with van der Waals surface area (Å²) in [5.41, 5.74) is 5.27. The molecule has 0 aromatic heterocycles. The van der Waals surface area contributed by atoms with Gasteiger partial charge in [0.25, 0.3) is 5.69 Å². The Morgan fingerprint density at radius 1 is 0.811 bits per heavy atom. The van der Waals surface area contributed by atoms with Gasteiger partial charge in [-0.3, -0.25) is 10.1 Å². The quantitative estimate of drug-likeness (QED) is 0.274. The first kappa shape index (κ1) is 21.2. The third-order valence-corrected chi connectivity index (χ3v) is 9.45. The summed E-state index contributed by atoms with van der Waals surface area (Å²) < 4.78 is 6.21. The van der Waals surface area contributed by atoms with E-state index in [9.17, 15) is 14.9 Å². The van der Waals surface area contributed by atoms with Crippen LogP contribution in [-0.2, 0) is 15.8 Å². The van der Waals surface area contributed by atoms with Gasteiger partial charge in [-0.2, -0.15) is 0 Å². The maximum atomic E-state index is 13.1. The molecule has 8 rings (SSSR count). The number of fused-ring (bicyclic) bond motifs is 1. The SMILES string of the molecule is O=C1OC23c4c1cc([N+](=O)[O-])cc4C2C3(c1ccc(N2CCCC2)cc1)c1ccc(N2CCCC2)cc1. The molecule has 3 aliphatic heterocycles. The van der Waals surface area contributed by atoms with E-state index in [0.29, 0.717) is 5.56 Å². The minimum atomic E-state index is -0.784. The van der Waals surface area contributed by atoms with Crippen molar-refractivity contribution in [3.8, 4) is 0 Å². The molecule has 3 fully saturated rings. The first-order valence-electron chi connectivity index (χ1n) is 13.3. The molecule has 0 N–H and O–H groups in total. The second-order valence-electron chi connectivity index (χ2n) is 11.1. The van der Waals surface area contributed by atoms with Crippen LogP contribution in [0.4, 0.5) is 17.1 Å². The number of hydrogen-bond acceptors (Lipinski definition) is 6. The standard InChI is InChI=1S/C30H27N3O4/c34-28-25-18-23(33(35)36)17-24-26(25)30(37-28)27(24)29(30,19-5-9-21(10-6-19)31-13-1-2-14-31)20-7-11-22(12-8-20)32-15-3-4-16-32/h5-12,17-18,27H,1-4,13-16H2. The lowest BCUT2D eigenvalue weighted by molar-refractivity contribution is -0.385. The molecule has 0 amide bonds.